The molecule has 4 nitrogen and oxygen atoms in total. The number of methoxy groups -OCH3 is 1. The molecule has 122 valence electrons. The summed E-state index contributed by atoms with van der Waals surface area (Å²) in [6.07, 6.45) is 0.501. The number of carbonyl (C=O) groups is 1. The molecular formula is C16H23FN2O2S. The molecule has 0 spiro atoms. The van der Waals surface area contributed by atoms with E-state index in [1.165, 1.54) is 13.2 Å². The van der Waals surface area contributed by atoms with Gasteiger partial charge in [0.15, 0.2) is 0 Å². The van der Waals surface area contributed by atoms with Gasteiger partial charge in [0.2, 0.25) is 0 Å². The summed E-state index contributed by atoms with van der Waals surface area (Å²) >= 11 is 1.86. The van der Waals surface area contributed by atoms with Crippen LogP contribution in [0.3, 0.4) is 0 Å². The predicted molar refractivity (Wildman–Crippen MR) is 87.6 cm³/mol. The van der Waals surface area contributed by atoms with Gasteiger partial charge >= 0.3 is 6.03 Å². The van der Waals surface area contributed by atoms with Gasteiger partial charge in [-0.1, -0.05) is 18.2 Å². The summed E-state index contributed by atoms with van der Waals surface area (Å²) in [5.41, 5.74) is 0.455. The van der Waals surface area contributed by atoms with Crippen molar-refractivity contribution in [2.24, 2.45) is 0 Å². The van der Waals surface area contributed by atoms with E-state index in [0.717, 1.165) is 17.9 Å². The minimum absolute atomic E-state index is 0.140. The van der Waals surface area contributed by atoms with E-state index in [1.807, 2.05) is 25.7 Å². The molecule has 0 aliphatic carbocycles. The molecule has 1 aromatic rings. The second-order valence-corrected chi connectivity index (χ2v) is 6.69. The van der Waals surface area contributed by atoms with Crippen molar-refractivity contribution >= 4 is 17.8 Å². The number of hydrogen-bond donors (Lipinski definition) is 1. The van der Waals surface area contributed by atoms with E-state index in [0.29, 0.717) is 5.56 Å². The minimum Gasteiger partial charge on any atom is -0.375 e. The third-order valence-corrected chi connectivity index (χ3v) is 5.19. The van der Waals surface area contributed by atoms with Gasteiger partial charge < -0.3 is 15.0 Å². The number of ether oxygens (including phenoxy) is 1. The number of carbonyl (C=O) groups excluding carboxylic acids is 1. The van der Waals surface area contributed by atoms with Gasteiger partial charge in [-0.05, 0) is 25.2 Å². The van der Waals surface area contributed by atoms with Crippen molar-refractivity contribution in [3.8, 4) is 0 Å². The minimum atomic E-state index is -0.517. The highest BCUT2D eigenvalue weighted by molar-refractivity contribution is 7.99. The normalized spacial score (nSPS) is 20.5. The lowest BCUT2D eigenvalue weighted by Crippen LogP contribution is -2.48. The van der Waals surface area contributed by atoms with Gasteiger partial charge in [0.05, 0.1) is 6.04 Å². The fraction of sp³-hybridized carbons (Fsp3) is 0.562. The van der Waals surface area contributed by atoms with E-state index in [2.05, 4.69) is 5.32 Å². The molecule has 1 N–H and O–H groups in total. The van der Waals surface area contributed by atoms with Gasteiger partial charge in [-0.3, -0.25) is 0 Å². The highest BCUT2D eigenvalue weighted by Gasteiger charge is 2.28. The van der Waals surface area contributed by atoms with Crippen molar-refractivity contribution in [2.75, 3.05) is 25.7 Å². The number of nitrogens with one attached hydrogen (secondary N) is 1. The van der Waals surface area contributed by atoms with E-state index >= 15 is 0 Å². The molecule has 2 amide bonds. The molecule has 3 atom stereocenters. The fourth-order valence-electron chi connectivity index (χ4n) is 2.67. The first-order chi connectivity index (χ1) is 10.5. The Morgan fingerprint density at radius 1 is 1.50 bits per heavy atom. The smallest absolute Gasteiger partial charge is 0.317 e. The Morgan fingerprint density at radius 3 is 2.82 bits per heavy atom. The van der Waals surface area contributed by atoms with Crippen molar-refractivity contribution in [3.05, 3.63) is 35.6 Å². The number of hydrogen-bond acceptors (Lipinski definition) is 3. The zero-order valence-corrected chi connectivity index (χ0v) is 14.0. The van der Waals surface area contributed by atoms with Crippen LogP contribution in [-0.4, -0.2) is 48.7 Å². The van der Waals surface area contributed by atoms with Crippen LogP contribution in [0, 0.1) is 5.82 Å². The SMILES string of the molecule is CO[C@H](c1ccccc1F)[C@@H](C)NC(=O)N(C)[C@@H]1CCSC1. The van der Waals surface area contributed by atoms with E-state index in [4.69, 9.17) is 4.74 Å². The first-order valence-corrected chi connectivity index (χ1v) is 8.58. The quantitative estimate of drug-likeness (QED) is 0.904. The summed E-state index contributed by atoms with van der Waals surface area (Å²) in [5.74, 6) is 1.74. The molecule has 1 fully saturated rings. The molecule has 2 rings (SSSR count). The van der Waals surface area contributed by atoms with Crippen molar-refractivity contribution in [1.29, 1.82) is 0 Å². The van der Waals surface area contributed by atoms with E-state index < -0.39 is 6.10 Å². The molecule has 6 heteroatoms. The number of urea groups is 1. The lowest BCUT2D eigenvalue weighted by Gasteiger charge is -2.29. The van der Waals surface area contributed by atoms with Crippen LogP contribution in [0.4, 0.5) is 9.18 Å². The summed E-state index contributed by atoms with van der Waals surface area (Å²) in [4.78, 5) is 14.1. The predicted octanol–water partition coefficient (Wildman–Crippen LogP) is 3.05. The zero-order chi connectivity index (χ0) is 16.1. The van der Waals surface area contributed by atoms with E-state index in [1.54, 1.807) is 23.1 Å². The fourth-order valence-corrected chi connectivity index (χ4v) is 3.94. The number of halogens is 1. The van der Waals surface area contributed by atoms with Gasteiger partial charge in [0.25, 0.3) is 0 Å². The van der Waals surface area contributed by atoms with Crippen LogP contribution in [-0.2, 0) is 4.74 Å². The maximum absolute atomic E-state index is 13.9. The van der Waals surface area contributed by atoms with Crippen LogP contribution >= 0.6 is 11.8 Å². The molecular weight excluding hydrogens is 303 g/mol. The first-order valence-electron chi connectivity index (χ1n) is 7.43. The van der Waals surface area contributed by atoms with Gasteiger partial charge in [0.1, 0.15) is 11.9 Å². The lowest BCUT2D eigenvalue weighted by atomic mass is 10.0. The monoisotopic (exact) mass is 326 g/mol. The zero-order valence-electron chi connectivity index (χ0n) is 13.2. The summed E-state index contributed by atoms with van der Waals surface area (Å²) in [6.45, 7) is 1.83. The molecule has 1 aliphatic rings. The first kappa shape index (κ1) is 17.1. The number of thioether (sulfide) groups is 1. The Bertz CT molecular complexity index is 509. The number of rotatable bonds is 5. The van der Waals surface area contributed by atoms with Crippen LogP contribution in [0.1, 0.15) is 25.0 Å². The van der Waals surface area contributed by atoms with Crippen molar-refractivity contribution in [3.63, 3.8) is 0 Å². The molecule has 0 aromatic heterocycles. The maximum Gasteiger partial charge on any atom is 0.317 e. The topological polar surface area (TPSA) is 41.6 Å². The molecule has 1 heterocycles. The molecule has 0 radical (unpaired) electrons. The van der Waals surface area contributed by atoms with E-state index in [9.17, 15) is 9.18 Å². The summed E-state index contributed by atoms with van der Waals surface area (Å²) in [7, 11) is 3.33. The average molecular weight is 326 g/mol. The van der Waals surface area contributed by atoms with Gasteiger partial charge in [-0.25, -0.2) is 9.18 Å². The Balaban J connectivity index is 2.01. The Hall–Kier alpha value is -1.27. The lowest BCUT2D eigenvalue weighted by molar-refractivity contribution is 0.0706. The second-order valence-electron chi connectivity index (χ2n) is 5.54. The number of benzene rings is 1. The van der Waals surface area contributed by atoms with Crippen LogP contribution < -0.4 is 5.32 Å². The molecule has 1 aliphatic heterocycles. The van der Waals surface area contributed by atoms with Crippen molar-refractivity contribution in [1.82, 2.24) is 10.2 Å². The second kappa shape index (κ2) is 7.83. The third-order valence-electron chi connectivity index (χ3n) is 4.04. The van der Waals surface area contributed by atoms with Crippen molar-refractivity contribution < 1.29 is 13.9 Å². The summed E-state index contributed by atoms with van der Waals surface area (Å²) in [6, 6.07) is 6.29. The van der Waals surface area contributed by atoms with E-state index in [-0.39, 0.29) is 23.9 Å². The average Bonchev–Trinajstić information content (AvgIpc) is 3.03. The Kier molecular flexibility index (Phi) is 6.08. The Morgan fingerprint density at radius 2 is 2.23 bits per heavy atom. The molecule has 22 heavy (non-hydrogen) atoms. The molecule has 0 saturated carbocycles. The number of nitrogens with zero attached hydrogens (tertiary/aromatic N) is 1. The molecule has 1 saturated heterocycles. The van der Waals surface area contributed by atoms with Crippen LogP contribution in [0.2, 0.25) is 0 Å². The molecule has 0 unspecified atom stereocenters. The highest BCUT2D eigenvalue weighted by atomic mass is 32.2. The standard InChI is InChI=1S/C16H23FN2O2S/c1-11(15(21-3)13-6-4-5-7-14(13)17)18-16(20)19(2)12-8-9-22-10-12/h4-7,11-12,15H,8-10H2,1-3H3,(H,18,20)/t11-,12-,15+/m1/s1. The van der Waals surface area contributed by atoms with Gasteiger partial charge in [-0.15, -0.1) is 0 Å². The Labute approximate surface area is 135 Å². The summed E-state index contributed by atoms with van der Waals surface area (Å²) in [5, 5.41) is 2.92. The molecule has 0 bridgehead atoms. The number of amides is 2. The van der Waals surface area contributed by atoms with Crippen LogP contribution in [0.15, 0.2) is 24.3 Å². The highest BCUT2D eigenvalue weighted by Crippen LogP contribution is 2.24. The summed E-state index contributed by atoms with van der Waals surface area (Å²) < 4.78 is 19.3. The van der Waals surface area contributed by atoms with Crippen LogP contribution in [0.5, 0.6) is 0 Å². The van der Waals surface area contributed by atoms with Crippen molar-refractivity contribution in [2.45, 2.75) is 31.5 Å². The van der Waals surface area contributed by atoms with Gasteiger partial charge in [0, 0.05) is 31.5 Å². The largest absolute Gasteiger partial charge is 0.375 e. The van der Waals surface area contributed by atoms with Gasteiger partial charge in [-0.2, -0.15) is 11.8 Å². The third kappa shape index (κ3) is 3.93. The maximum atomic E-state index is 13.9. The van der Waals surface area contributed by atoms with Crippen LogP contribution in [0.25, 0.3) is 0 Å². The molecule has 1 aromatic carbocycles.